The average Bonchev–Trinajstić information content (AvgIpc) is 2.48. The second kappa shape index (κ2) is 6.50. The van der Waals surface area contributed by atoms with Gasteiger partial charge in [0.25, 0.3) is 0 Å². The number of methoxy groups -OCH3 is 1. The Bertz CT molecular complexity index is 623. The highest BCUT2D eigenvalue weighted by molar-refractivity contribution is 5.69. The minimum absolute atomic E-state index is 0.0651. The Morgan fingerprint density at radius 2 is 1.95 bits per heavy atom. The molecule has 0 spiro atoms. The SMILES string of the molecule is COCCOc1nc(N)nc(-c2ccccc2)c1C#N. The number of nitrogen functional groups attached to an aromatic ring is 1. The molecular weight excluding hydrogens is 256 g/mol. The van der Waals surface area contributed by atoms with Crippen LogP contribution in [0.4, 0.5) is 5.95 Å². The van der Waals surface area contributed by atoms with Crippen LogP contribution in [0.25, 0.3) is 11.3 Å². The molecule has 0 aliphatic rings. The van der Waals surface area contributed by atoms with E-state index >= 15 is 0 Å². The maximum atomic E-state index is 9.33. The first-order valence-corrected chi connectivity index (χ1v) is 6.01. The van der Waals surface area contributed by atoms with Gasteiger partial charge in [-0.2, -0.15) is 10.2 Å². The molecule has 0 radical (unpaired) electrons. The Kier molecular flexibility index (Phi) is 4.47. The quantitative estimate of drug-likeness (QED) is 0.830. The third-order valence-electron chi connectivity index (χ3n) is 2.58. The van der Waals surface area contributed by atoms with Crippen molar-refractivity contribution in [1.29, 1.82) is 5.26 Å². The van der Waals surface area contributed by atoms with Crippen molar-refractivity contribution in [1.82, 2.24) is 9.97 Å². The zero-order valence-corrected chi connectivity index (χ0v) is 11.0. The summed E-state index contributed by atoms with van der Waals surface area (Å²) in [5.41, 5.74) is 7.20. The van der Waals surface area contributed by atoms with Crippen LogP contribution in [0.15, 0.2) is 30.3 Å². The van der Waals surface area contributed by atoms with Crippen molar-refractivity contribution in [3.05, 3.63) is 35.9 Å². The Morgan fingerprint density at radius 1 is 1.20 bits per heavy atom. The predicted octanol–water partition coefficient (Wildman–Crippen LogP) is 1.62. The Hall–Kier alpha value is -2.65. The minimum Gasteiger partial charge on any atom is -0.474 e. The van der Waals surface area contributed by atoms with Crippen molar-refractivity contribution < 1.29 is 9.47 Å². The molecule has 0 saturated carbocycles. The highest BCUT2D eigenvalue weighted by atomic mass is 16.5. The molecule has 6 nitrogen and oxygen atoms in total. The van der Waals surface area contributed by atoms with E-state index in [0.29, 0.717) is 12.3 Å². The van der Waals surface area contributed by atoms with Crippen molar-refractivity contribution in [2.75, 3.05) is 26.1 Å². The fourth-order valence-electron chi connectivity index (χ4n) is 1.69. The number of rotatable bonds is 5. The minimum atomic E-state index is 0.0651. The molecule has 2 N–H and O–H groups in total. The molecule has 0 unspecified atom stereocenters. The van der Waals surface area contributed by atoms with Crippen LogP contribution in [0.3, 0.4) is 0 Å². The number of hydrogen-bond donors (Lipinski definition) is 1. The molecule has 6 heteroatoms. The third-order valence-corrected chi connectivity index (χ3v) is 2.58. The third kappa shape index (κ3) is 3.02. The largest absolute Gasteiger partial charge is 0.474 e. The highest BCUT2D eigenvalue weighted by Gasteiger charge is 2.16. The van der Waals surface area contributed by atoms with E-state index in [0.717, 1.165) is 5.56 Å². The van der Waals surface area contributed by atoms with Gasteiger partial charge in [-0.15, -0.1) is 0 Å². The van der Waals surface area contributed by atoms with Crippen molar-refractivity contribution in [2.24, 2.45) is 0 Å². The molecule has 102 valence electrons. The van der Waals surface area contributed by atoms with E-state index in [2.05, 4.69) is 16.0 Å². The van der Waals surface area contributed by atoms with E-state index < -0.39 is 0 Å². The van der Waals surface area contributed by atoms with Crippen LogP contribution in [0.2, 0.25) is 0 Å². The van der Waals surface area contributed by atoms with Crippen molar-refractivity contribution in [3.63, 3.8) is 0 Å². The van der Waals surface area contributed by atoms with Gasteiger partial charge in [0.15, 0.2) is 0 Å². The Labute approximate surface area is 116 Å². The maximum Gasteiger partial charge on any atom is 0.237 e. The maximum absolute atomic E-state index is 9.33. The standard InChI is InChI=1S/C14H14N4O2/c1-19-7-8-20-13-11(9-15)12(17-14(16)18-13)10-5-3-2-4-6-10/h2-6H,7-8H2,1H3,(H2,16,17,18). The molecule has 1 aromatic carbocycles. The summed E-state index contributed by atoms with van der Waals surface area (Å²) in [6.45, 7) is 0.686. The van der Waals surface area contributed by atoms with E-state index in [9.17, 15) is 5.26 Å². The lowest BCUT2D eigenvalue weighted by Crippen LogP contribution is -2.09. The topological polar surface area (TPSA) is 94.1 Å². The molecule has 0 aliphatic carbocycles. The normalized spacial score (nSPS) is 10.0. The van der Waals surface area contributed by atoms with Gasteiger partial charge in [-0.3, -0.25) is 0 Å². The van der Waals surface area contributed by atoms with E-state index in [4.69, 9.17) is 15.2 Å². The lowest BCUT2D eigenvalue weighted by molar-refractivity contribution is 0.143. The first-order valence-electron chi connectivity index (χ1n) is 6.01. The molecule has 0 saturated heterocycles. The molecule has 20 heavy (non-hydrogen) atoms. The van der Waals surface area contributed by atoms with Crippen LogP contribution in [-0.2, 0) is 4.74 Å². The second-order valence-electron chi connectivity index (χ2n) is 3.93. The number of ether oxygens (including phenoxy) is 2. The van der Waals surface area contributed by atoms with E-state index in [-0.39, 0.29) is 24.0 Å². The van der Waals surface area contributed by atoms with Gasteiger partial charge in [0, 0.05) is 12.7 Å². The Balaban J connectivity index is 2.44. The summed E-state index contributed by atoms with van der Waals surface area (Å²) in [6.07, 6.45) is 0. The summed E-state index contributed by atoms with van der Waals surface area (Å²) in [5, 5.41) is 9.33. The van der Waals surface area contributed by atoms with Crippen molar-refractivity contribution in [2.45, 2.75) is 0 Å². The van der Waals surface area contributed by atoms with Crippen molar-refractivity contribution in [3.8, 4) is 23.2 Å². The summed E-state index contributed by atoms with van der Waals surface area (Å²) < 4.78 is 10.3. The molecule has 0 atom stereocenters. The number of aromatic nitrogens is 2. The summed E-state index contributed by atoms with van der Waals surface area (Å²) in [7, 11) is 1.57. The number of anilines is 1. The molecule has 2 aromatic rings. The summed E-state index contributed by atoms with van der Waals surface area (Å²) in [5.74, 6) is 0.242. The van der Waals surface area contributed by atoms with Gasteiger partial charge in [-0.05, 0) is 0 Å². The van der Waals surface area contributed by atoms with Gasteiger partial charge < -0.3 is 15.2 Å². The van der Waals surface area contributed by atoms with Crippen LogP contribution in [0.1, 0.15) is 5.56 Å². The summed E-state index contributed by atoms with van der Waals surface area (Å²) >= 11 is 0. The van der Waals surface area contributed by atoms with Gasteiger partial charge in [0.2, 0.25) is 11.8 Å². The number of nitriles is 1. The molecule has 0 amide bonds. The first-order chi connectivity index (χ1) is 9.76. The lowest BCUT2D eigenvalue weighted by atomic mass is 10.1. The van der Waals surface area contributed by atoms with Gasteiger partial charge in [-0.25, -0.2) is 4.98 Å². The van der Waals surface area contributed by atoms with Crippen molar-refractivity contribution >= 4 is 5.95 Å². The van der Waals surface area contributed by atoms with Gasteiger partial charge in [0.05, 0.1) is 12.3 Å². The van der Waals surface area contributed by atoms with E-state index in [1.165, 1.54) is 0 Å². The van der Waals surface area contributed by atoms with Crippen LogP contribution >= 0.6 is 0 Å². The van der Waals surface area contributed by atoms with E-state index in [1.54, 1.807) is 7.11 Å². The lowest BCUT2D eigenvalue weighted by Gasteiger charge is -2.10. The first kappa shape index (κ1) is 13.8. The van der Waals surface area contributed by atoms with E-state index in [1.807, 2.05) is 30.3 Å². The molecule has 0 aliphatic heterocycles. The summed E-state index contributed by atoms with van der Waals surface area (Å²) in [6, 6.07) is 11.4. The highest BCUT2D eigenvalue weighted by Crippen LogP contribution is 2.27. The number of nitrogens with two attached hydrogens (primary N) is 1. The fraction of sp³-hybridized carbons (Fsp3) is 0.214. The van der Waals surface area contributed by atoms with Crippen LogP contribution in [0.5, 0.6) is 5.88 Å². The fourth-order valence-corrected chi connectivity index (χ4v) is 1.69. The molecule has 1 aromatic heterocycles. The molecular formula is C14H14N4O2. The van der Waals surface area contributed by atoms with Crippen LogP contribution in [0, 0.1) is 11.3 Å². The zero-order valence-electron chi connectivity index (χ0n) is 11.0. The van der Waals surface area contributed by atoms with Gasteiger partial charge in [-0.1, -0.05) is 30.3 Å². The summed E-state index contributed by atoms with van der Waals surface area (Å²) in [4.78, 5) is 8.10. The van der Waals surface area contributed by atoms with Gasteiger partial charge in [0.1, 0.15) is 18.2 Å². The van der Waals surface area contributed by atoms with Gasteiger partial charge >= 0.3 is 0 Å². The second-order valence-corrected chi connectivity index (χ2v) is 3.93. The van der Waals surface area contributed by atoms with Crippen LogP contribution in [-0.4, -0.2) is 30.3 Å². The zero-order chi connectivity index (χ0) is 14.4. The molecule has 1 heterocycles. The van der Waals surface area contributed by atoms with Crippen LogP contribution < -0.4 is 10.5 Å². The number of hydrogen-bond acceptors (Lipinski definition) is 6. The predicted molar refractivity (Wildman–Crippen MR) is 74.0 cm³/mol. The smallest absolute Gasteiger partial charge is 0.237 e. The number of benzene rings is 1. The molecule has 0 fully saturated rings. The molecule has 2 rings (SSSR count). The number of nitrogens with zero attached hydrogens (tertiary/aromatic N) is 3. The monoisotopic (exact) mass is 270 g/mol. The average molecular weight is 270 g/mol. The Morgan fingerprint density at radius 3 is 2.60 bits per heavy atom. The molecule has 0 bridgehead atoms.